The van der Waals surface area contributed by atoms with Gasteiger partial charge >= 0.3 is 0 Å². The predicted octanol–water partition coefficient (Wildman–Crippen LogP) is 5.24. The third-order valence-corrected chi connectivity index (χ3v) is 5.21. The maximum absolute atomic E-state index is 13.1. The molecular weight excluding hydrogens is 368 g/mol. The SMILES string of the molecule is CCC/N=C1\S/C(=C\c2ccc(O)c(Cl)c2)C(=O)N1c1ccccc1C. The molecule has 1 saturated heterocycles. The lowest BCUT2D eigenvalue weighted by Crippen LogP contribution is -2.29. The van der Waals surface area contributed by atoms with Crippen molar-refractivity contribution in [1.29, 1.82) is 0 Å². The van der Waals surface area contributed by atoms with E-state index in [1.807, 2.05) is 31.2 Å². The molecule has 0 spiro atoms. The van der Waals surface area contributed by atoms with Gasteiger partial charge in [0.25, 0.3) is 5.91 Å². The van der Waals surface area contributed by atoms with Crippen LogP contribution in [0.3, 0.4) is 0 Å². The monoisotopic (exact) mass is 386 g/mol. The maximum Gasteiger partial charge on any atom is 0.271 e. The summed E-state index contributed by atoms with van der Waals surface area (Å²) >= 11 is 7.33. The molecule has 0 atom stereocenters. The minimum absolute atomic E-state index is 0.0194. The van der Waals surface area contributed by atoms with Crippen LogP contribution in [0.4, 0.5) is 5.69 Å². The van der Waals surface area contributed by atoms with Gasteiger partial charge in [0.15, 0.2) is 5.17 Å². The number of aliphatic imine (C=N–C) groups is 1. The smallest absolute Gasteiger partial charge is 0.271 e. The van der Waals surface area contributed by atoms with Gasteiger partial charge in [0.2, 0.25) is 0 Å². The van der Waals surface area contributed by atoms with Gasteiger partial charge in [-0.25, -0.2) is 0 Å². The first kappa shape index (κ1) is 18.5. The van der Waals surface area contributed by atoms with Crippen molar-refractivity contribution in [3.8, 4) is 5.75 Å². The van der Waals surface area contributed by atoms with E-state index in [9.17, 15) is 9.90 Å². The van der Waals surface area contributed by atoms with Crippen LogP contribution in [0, 0.1) is 6.92 Å². The van der Waals surface area contributed by atoms with Crippen molar-refractivity contribution in [2.45, 2.75) is 20.3 Å². The number of aryl methyl sites for hydroxylation is 1. The first-order chi connectivity index (χ1) is 12.5. The third-order valence-electron chi connectivity index (χ3n) is 3.90. The summed E-state index contributed by atoms with van der Waals surface area (Å²) in [6.45, 7) is 4.70. The van der Waals surface area contributed by atoms with Gasteiger partial charge in [0.1, 0.15) is 5.75 Å². The molecule has 0 bridgehead atoms. The molecule has 0 aliphatic carbocycles. The lowest BCUT2D eigenvalue weighted by Gasteiger charge is -2.17. The van der Waals surface area contributed by atoms with Crippen LogP contribution in [0.1, 0.15) is 24.5 Å². The van der Waals surface area contributed by atoms with Crippen LogP contribution in [0.25, 0.3) is 6.08 Å². The maximum atomic E-state index is 13.1. The number of halogens is 1. The molecule has 0 unspecified atom stereocenters. The summed E-state index contributed by atoms with van der Waals surface area (Å²) in [7, 11) is 0. The molecular formula is C20H19ClN2O2S. The van der Waals surface area contributed by atoms with Crippen LogP contribution in [-0.2, 0) is 4.79 Å². The van der Waals surface area contributed by atoms with E-state index in [4.69, 9.17) is 11.6 Å². The molecule has 134 valence electrons. The molecule has 0 aromatic heterocycles. The predicted molar refractivity (Wildman–Crippen MR) is 110 cm³/mol. The number of anilines is 1. The summed E-state index contributed by atoms with van der Waals surface area (Å²) in [4.78, 5) is 19.9. The Morgan fingerprint density at radius 2 is 2.04 bits per heavy atom. The van der Waals surface area contributed by atoms with E-state index < -0.39 is 0 Å². The molecule has 0 radical (unpaired) electrons. The Labute approximate surface area is 162 Å². The first-order valence-electron chi connectivity index (χ1n) is 8.34. The zero-order chi connectivity index (χ0) is 18.7. The molecule has 1 amide bonds. The van der Waals surface area contributed by atoms with Crippen molar-refractivity contribution < 1.29 is 9.90 Å². The average Bonchev–Trinajstić information content (AvgIpc) is 2.92. The van der Waals surface area contributed by atoms with Gasteiger partial charge in [-0.2, -0.15) is 0 Å². The van der Waals surface area contributed by atoms with Gasteiger partial charge in [0, 0.05) is 6.54 Å². The van der Waals surface area contributed by atoms with Crippen molar-refractivity contribution in [3.63, 3.8) is 0 Å². The number of carbonyl (C=O) groups excluding carboxylic acids is 1. The van der Waals surface area contributed by atoms with E-state index in [2.05, 4.69) is 11.9 Å². The minimum Gasteiger partial charge on any atom is -0.506 e. The Bertz CT molecular complexity index is 908. The highest BCUT2D eigenvalue weighted by atomic mass is 35.5. The van der Waals surface area contributed by atoms with E-state index in [1.54, 1.807) is 23.1 Å². The Kier molecular flexibility index (Phi) is 5.69. The highest BCUT2D eigenvalue weighted by Crippen LogP contribution is 2.37. The molecule has 0 saturated carbocycles. The fourth-order valence-electron chi connectivity index (χ4n) is 2.58. The van der Waals surface area contributed by atoms with Gasteiger partial charge < -0.3 is 5.11 Å². The van der Waals surface area contributed by atoms with Gasteiger partial charge in [-0.15, -0.1) is 0 Å². The summed E-state index contributed by atoms with van der Waals surface area (Å²) in [6, 6.07) is 12.6. The zero-order valence-electron chi connectivity index (χ0n) is 14.6. The Morgan fingerprint density at radius 1 is 1.27 bits per heavy atom. The number of para-hydroxylation sites is 1. The number of carbonyl (C=O) groups is 1. The van der Waals surface area contributed by atoms with E-state index in [0.29, 0.717) is 16.6 Å². The Morgan fingerprint density at radius 3 is 2.73 bits per heavy atom. The highest BCUT2D eigenvalue weighted by Gasteiger charge is 2.35. The second-order valence-electron chi connectivity index (χ2n) is 5.91. The largest absolute Gasteiger partial charge is 0.506 e. The molecule has 1 aliphatic rings. The summed E-state index contributed by atoms with van der Waals surface area (Å²) in [6.07, 6.45) is 2.69. The van der Waals surface area contributed by atoms with Crippen LogP contribution in [0.15, 0.2) is 52.4 Å². The summed E-state index contributed by atoms with van der Waals surface area (Å²) in [5.74, 6) is -0.0886. The molecule has 1 heterocycles. The van der Waals surface area contributed by atoms with E-state index >= 15 is 0 Å². The molecule has 1 N–H and O–H groups in total. The molecule has 6 heteroatoms. The summed E-state index contributed by atoms with van der Waals surface area (Å²) in [5, 5.41) is 10.5. The number of hydrogen-bond acceptors (Lipinski definition) is 4. The lowest BCUT2D eigenvalue weighted by molar-refractivity contribution is -0.113. The van der Waals surface area contributed by atoms with E-state index in [0.717, 1.165) is 23.2 Å². The van der Waals surface area contributed by atoms with E-state index in [1.165, 1.54) is 17.8 Å². The fraction of sp³-hybridized carbons (Fsp3) is 0.200. The molecule has 26 heavy (non-hydrogen) atoms. The molecule has 1 fully saturated rings. The van der Waals surface area contributed by atoms with Gasteiger partial charge in [-0.1, -0.05) is 42.8 Å². The van der Waals surface area contributed by atoms with Crippen LogP contribution in [0.5, 0.6) is 5.75 Å². The number of thioether (sulfide) groups is 1. The molecule has 4 nitrogen and oxygen atoms in total. The number of aromatic hydroxyl groups is 1. The second-order valence-corrected chi connectivity index (χ2v) is 7.33. The topological polar surface area (TPSA) is 52.9 Å². The van der Waals surface area contributed by atoms with Gasteiger partial charge in [0.05, 0.1) is 15.6 Å². The van der Waals surface area contributed by atoms with Crippen molar-refractivity contribution >= 4 is 46.2 Å². The molecule has 2 aromatic rings. The van der Waals surface area contributed by atoms with Crippen molar-refractivity contribution in [2.75, 3.05) is 11.4 Å². The molecule has 1 aliphatic heterocycles. The molecule has 3 rings (SSSR count). The van der Waals surface area contributed by atoms with Gasteiger partial charge in [-0.3, -0.25) is 14.7 Å². The van der Waals surface area contributed by atoms with Crippen LogP contribution < -0.4 is 4.90 Å². The number of amides is 1. The fourth-order valence-corrected chi connectivity index (χ4v) is 3.77. The Hall–Kier alpha value is -2.24. The van der Waals surface area contributed by atoms with Crippen molar-refractivity contribution in [1.82, 2.24) is 0 Å². The number of hydrogen-bond donors (Lipinski definition) is 1. The standard InChI is InChI=1S/C20H19ClN2O2S/c1-3-10-22-20-23(16-7-5-4-6-13(16)2)19(25)18(26-20)12-14-8-9-17(24)15(21)11-14/h4-9,11-12,24H,3,10H2,1-2H3/b18-12-,22-20-. The van der Waals surface area contributed by atoms with Crippen molar-refractivity contribution in [2.24, 2.45) is 4.99 Å². The Balaban J connectivity index is 2.02. The number of nitrogens with zero attached hydrogens (tertiary/aromatic N) is 2. The summed E-state index contributed by atoms with van der Waals surface area (Å²) < 4.78 is 0. The van der Waals surface area contributed by atoms with Crippen molar-refractivity contribution in [3.05, 3.63) is 63.5 Å². The minimum atomic E-state index is -0.108. The quantitative estimate of drug-likeness (QED) is 0.731. The van der Waals surface area contributed by atoms with Crippen LogP contribution >= 0.6 is 23.4 Å². The second kappa shape index (κ2) is 7.98. The number of phenolic OH excluding ortho intramolecular Hbond substituents is 1. The molecule has 2 aromatic carbocycles. The first-order valence-corrected chi connectivity index (χ1v) is 9.53. The lowest BCUT2D eigenvalue weighted by atomic mass is 10.1. The van der Waals surface area contributed by atoms with Crippen LogP contribution in [-0.4, -0.2) is 22.7 Å². The van der Waals surface area contributed by atoms with E-state index in [-0.39, 0.29) is 16.7 Å². The normalized spacial score (nSPS) is 17.5. The number of rotatable bonds is 4. The third kappa shape index (κ3) is 3.79. The number of amidine groups is 1. The number of phenols is 1. The summed E-state index contributed by atoms with van der Waals surface area (Å²) in [5.41, 5.74) is 2.61. The highest BCUT2D eigenvalue weighted by molar-refractivity contribution is 8.19. The average molecular weight is 387 g/mol. The van der Waals surface area contributed by atoms with Gasteiger partial charge in [-0.05, 0) is 60.5 Å². The number of benzene rings is 2. The zero-order valence-corrected chi connectivity index (χ0v) is 16.1. The van der Waals surface area contributed by atoms with Crippen LogP contribution in [0.2, 0.25) is 5.02 Å².